The summed E-state index contributed by atoms with van der Waals surface area (Å²) < 4.78 is 33.6. The zero-order chi connectivity index (χ0) is 20.9. The number of rotatable bonds is 8. The number of sulfonamides is 1. The molecule has 0 spiro atoms. The lowest BCUT2D eigenvalue weighted by molar-refractivity contribution is 0.0696. The maximum absolute atomic E-state index is 13.5. The van der Waals surface area contributed by atoms with Gasteiger partial charge in [-0.25, -0.2) is 13.2 Å². The van der Waals surface area contributed by atoms with E-state index in [1.807, 2.05) is 60.7 Å². The van der Waals surface area contributed by atoms with E-state index < -0.39 is 16.0 Å². The molecule has 3 aromatic carbocycles. The number of ether oxygens (including phenoxy) is 1. The number of hydrogen-bond acceptors (Lipinski definition) is 4. The molecule has 0 aromatic heterocycles. The highest BCUT2D eigenvalue weighted by Gasteiger charge is 2.29. The Hall–Kier alpha value is -3.16. The Morgan fingerprint density at radius 3 is 1.86 bits per heavy atom. The third kappa shape index (κ3) is 4.82. The zero-order valence-electron chi connectivity index (χ0n) is 15.9. The third-order valence-electron chi connectivity index (χ3n) is 4.43. The van der Waals surface area contributed by atoms with Gasteiger partial charge in [-0.3, -0.25) is 0 Å². The smallest absolute Gasteiger partial charge is 0.335 e. The van der Waals surface area contributed by atoms with E-state index in [0.29, 0.717) is 0 Å². The quantitative estimate of drug-likeness (QED) is 0.610. The van der Waals surface area contributed by atoms with E-state index in [-0.39, 0.29) is 29.3 Å². The minimum Gasteiger partial charge on any atom is -0.495 e. The van der Waals surface area contributed by atoms with E-state index in [1.165, 1.54) is 23.5 Å². The first-order valence-electron chi connectivity index (χ1n) is 8.91. The molecule has 0 aliphatic carbocycles. The maximum Gasteiger partial charge on any atom is 0.335 e. The van der Waals surface area contributed by atoms with Gasteiger partial charge in [0.15, 0.2) is 0 Å². The Labute approximate surface area is 170 Å². The standard InChI is InChI=1S/C22H21NO5S/c1-28-20-13-12-19(22(24)25)14-21(20)29(26,27)23(15-17-8-4-2-5-9-17)16-18-10-6-3-7-11-18/h2-14H,15-16H2,1H3,(H,24,25). The molecule has 7 heteroatoms. The molecule has 1 N–H and O–H groups in total. The summed E-state index contributed by atoms with van der Waals surface area (Å²) in [5, 5.41) is 9.30. The molecule has 3 aromatic rings. The van der Waals surface area contributed by atoms with Crippen LogP contribution in [-0.2, 0) is 23.1 Å². The Bertz CT molecular complexity index is 1040. The van der Waals surface area contributed by atoms with Crippen LogP contribution in [0.15, 0.2) is 83.8 Å². The van der Waals surface area contributed by atoms with Crippen molar-refractivity contribution in [2.45, 2.75) is 18.0 Å². The van der Waals surface area contributed by atoms with Crippen LogP contribution in [0.25, 0.3) is 0 Å². The summed E-state index contributed by atoms with van der Waals surface area (Å²) in [4.78, 5) is 11.2. The molecule has 0 bridgehead atoms. The molecule has 0 atom stereocenters. The van der Waals surface area contributed by atoms with Gasteiger partial charge >= 0.3 is 5.97 Å². The highest BCUT2D eigenvalue weighted by atomic mass is 32.2. The SMILES string of the molecule is COc1ccc(C(=O)O)cc1S(=O)(=O)N(Cc1ccccc1)Cc1ccccc1. The van der Waals surface area contributed by atoms with Crippen LogP contribution in [0, 0.1) is 0 Å². The molecule has 0 amide bonds. The van der Waals surface area contributed by atoms with Gasteiger partial charge in [-0.1, -0.05) is 60.7 Å². The van der Waals surface area contributed by atoms with Crippen LogP contribution in [0.3, 0.4) is 0 Å². The Morgan fingerprint density at radius 2 is 1.41 bits per heavy atom. The molecule has 0 aliphatic rings. The normalized spacial score (nSPS) is 11.4. The lowest BCUT2D eigenvalue weighted by Gasteiger charge is -2.24. The number of carbonyl (C=O) groups is 1. The minimum atomic E-state index is -4.05. The lowest BCUT2D eigenvalue weighted by Crippen LogP contribution is -2.30. The van der Waals surface area contributed by atoms with Crippen molar-refractivity contribution in [2.24, 2.45) is 0 Å². The van der Waals surface area contributed by atoms with Gasteiger partial charge in [0.05, 0.1) is 12.7 Å². The maximum atomic E-state index is 13.5. The second-order valence-corrected chi connectivity index (χ2v) is 8.32. The van der Waals surface area contributed by atoms with E-state index in [0.717, 1.165) is 17.2 Å². The molecule has 3 rings (SSSR count). The Kier molecular flexibility index (Phi) is 6.31. The first kappa shape index (κ1) is 20.6. The first-order chi connectivity index (χ1) is 13.9. The van der Waals surface area contributed by atoms with Crippen LogP contribution in [0.2, 0.25) is 0 Å². The van der Waals surface area contributed by atoms with Crippen LogP contribution >= 0.6 is 0 Å². The number of carboxylic acids is 1. The topological polar surface area (TPSA) is 83.9 Å². The molecule has 0 fully saturated rings. The zero-order valence-corrected chi connectivity index (χ0v) is 16.7. The number of hydrogen-bond donors (Lipinski definition) is 1. The summed E-state index contributed by atoms with van der Waals surface area (Å²) in [5.74, 6) is -1.11. The molecule has 0 aliphatic heterocycles. The summed E-state index contributed by atoms with van der Waals surface area (Å²) in [5.41, 5.74) is 1.52. The second kappa shape index (κ2) is 8.89. The highest BCUT2D eigenvalue weighted by Crippen LogP contribution is 2.30. The largest absolute Gasteiger partial charge is 0.495 e. The predicted octanol–water partition coefficient (Wildman–Crippen LogP) is 3.78. The fourth-order valence-electron chi connectivity index (χ4n) is 2.95. The van der Waals surface area contributed by atoms with Crippen molar-refractivity contribution in [3.63, 3.8) is 0 Å². The second-order valence-electron chi connectivity index (χ2n) is 6.42. The van der Waals surface area contributed by atoms with Gasteiger partial charge in [0, 0.05) is 13.1 Å². The summed E-state index contributed by atoms with van der Waals surface area (Å²) in [6.07, 6.45) is 0. The average molecular weight is 411 g/mol. The summed E-state index contributed by atoms with van der Waals surface area (Å²) in [6, 6.07) is 22.3. The van der Waals surface area contributed by atoms with E-state index in [1.54, 1.807) is 0 Å². The van der Waals surface area contributed by atoms with Crippen molar-refractivity contribution >= 4 is 16.0 Å². The molecular formula is C22H21NO5S. The van der Waals surface area contributed by atoms with Gasteiger partial charge in [-0.15, -0.1) is 0 Å². The molecule has 0 heterocycles. The van der Waals surface area contributed by atoms with Crippen molar-refractivity contribution in [1.82, 2.24) is 4.31 Å². The Balaban J connectivity index is 2.08. The molecule has 0 unspecified atom stereocenters. The van der Waals surface area contributed by atoms with Crippen LogP contribution < -0.4 is 4.74 Å². The van der Waals surface area contributed by atoms with Crippen molar-refractivity contribution in [1.29, 1.82) is 0 Å². The molecule has 0 saturated heterocycles. The van der Waals surface area contributed by atoms with Crippen LogP contribution in [0.1, 0.15) is 21.5 Å². The third-order valence-corrected chi connectivity index (χ3v) is 6.24. The average Bonchev–Trinajstić information content (AvgIpc) is 2.74. The fraction of sp³-hybridized carbons (Fsp3) is 0.136. The number of aromatic carboxylic acids is 1. The number of benzene rings is 3. The summed E-state index contributed by atoms with van der Waals surface area (Å²) >= 11 is 0. The number of nitrogens with zero attached hydrogens (tertiary/aromatic N) is 1. The molecule has 150 valence electrons. The van der Waals surface area contributed by atoms with Gasteiger partial charge in [-0.05, 0) is 29.3 Å². The lowest BCUT2D eigenvalue weighted by atomic mass is 10.2. The summed E-state index contributed by atoms with van der Waals surface area (Å²) in [6.45, 7) is 0.275. The van der Waals surface area contributed by atoms with Crippen LogP contribution in [0.4, 0.5) is 0 Å². The van der Waals surface area contributed by atoms with Crippen molar-refractivity contribution in [2.75, 3.05) is 7.11 Å². The fourth-order valence-corrected chi connectivity index (χ4v) is 4.55. The molecule has 29 heavy (non-hydrogen) atoms. The minimum absolute atomic E-state index is 0.0983. The van der Waals surface area contributed by atoms with E-state index in [2.05, 4.69) is 0 Å². The van der Waals surface area contributed by atoms with Crippen LogP contribution in [0.5, 0.6) is 5.75 Å². The van der Waals surface area contributed by atoms with Crippen molar-refractivity contribution in [3.05, 3.63) is 95.6 Å². The highest BCUT2D eigenvalue weighted by molar-refractivity contribution is 7.89. The number of carboxylic acid groups (broad SMARTS) is 1. The van der Waals surface area contributed by atoms with Crippen molar-refractivity contribution < 1.29 is 23.1 Å². The van der Waals surface area contributed by atoms with E-state index in [9.17, 15) is 18.3 Å². The van der Waals surface area contributed by atoms with E-state index in [4.69, 9.17) is 4.74 Å². The Morgan fingerprint density at radius 1 is 0.897 bits per heavy atom. The molecular weight excluding hydrogens is 390 g/mol. The molecule has 0 saturated carbocycles. The number of methoxy groups -OCH3 is 1. The van der Waals surface area contributed by atoms with Crippen molar-refractivity contribution in [3.8, 4) is 5.75 Å². The molecule has 6 nitrogen and oxygen atoms in total. The first-order valence-corrected chi connectivity index (χ1v) is 10.3. The van der Waals surface area contributed by atoms with E-state index >= 15 is 0 Å². The van der Waals surface area contributed by atoms with Gasteiger partial charge in [0.2, 0.25) is 10.0 Å². The molecule has 0 radical (unpaired) electrons. The van der Waals surface area contributed by atoms with Gasteiger partial charge in [0.25, 0.3) is 0 Å². The van der Waals surface area contributed by atoms with Gasteiger partial charge in [0.1, 0.15) is 10.6 Å². The monoisotopic (exact) mass is 411 g/mol. The van der Waals surface area contributed by atoms with Gasteiger partial charge < -0.3 is 9.84 Å². The predicted molar refractivity (Wildman–Crippen MR) is 109 cm³/mol. The summed E-state index contributed by atoms with van der Waals surface area (Å²) in [7, 11) is -2.70. The van der Waals surface area contributed by atoms with Gasteiger partial charge in [-0.2, -0.15) is 4.31 Å². The van der Waals surface area contributed by atoms with Crippen LogP contribution in [-0.4, -0.2) is 30.9 Å².